The fourth-order valence-corrected chi connectivity index (χ4v) is 4.72. The number of hydrogen-bond donors (Lipinski definition) is 2. The average molecular weight is 476 g/mol. The van der Waals surface area contributed by atoms with Crippen LogP contribution in [-0.2, 0) is 23.1 Å². The molecule has 1 atom stereocenters. The molecule has 1 aliphatic heterocycles. The average Bonchev–Trinajstić information content (AvgIpc) is 3.25. The molecule has 0 bridgehead atoms. The highest BCUT2D eigenvalue weighted by Gasteiger charge is 2.34. The molecule has 1 aliphatic rings. The van der Waals surface area contributed by atoms with Crippen molar-refractivity contribution in [1.29, 1.82) is 0 Å². The van der Waals surface area contributed by atoms with Crippen LogP contribution in [0.2, 0.25) is 0 Å². The van der Waals surface area contributed by atoms with Gasteiger partial charge in [0.05, 0.1) is 17.0 Å². The van der Waals surface area contributed by atoms with Gasteiger partial charge < -0.3 is 15.1 Å². The highest BCUT2D eigenvalue weighted by Crippen LogP contribution is 2.39. The van der Waals surface area contributed by atoms with Gasteiger partial charge in [-0.25, -0.2) is 4.98 Å². The Labute approximate surface area is 194 Å². The fourth-order valence-electron chi connectivity index (χ4n) is 4.72. The molecule has 10 heteroatoms. The van der Waals surface area contributed by atoms with Gasteiger partial charge in [0.25, 0.3) is 0 Å². The van der Waals surface area contributed by atoms with Crippen LogP contribution in [0.15, 0.2) is 24.3 Å². The number of pyridine rings is 1. The van der Waals surface area contributed by atoms with E-state index in [4.69, 9.17) is 0 Å². The first-order valence-electron chi connectivity index (χ1n) is 11.1. The molecule has 1 amide bonds. The van der Waals surface area contributed by atoms with Gasteiger partial charge in [0, 0.05) is 42.9 Å². The van der Waals surface area contributed by atoms with Crippen LogP contribution in [0.5, 0.6) is 5.75 Å². The highest BCUT2D eigenvalue weighted by atomic mass is 19.4. The summed E-state index contributed by atoms with van der Waals surface area (Å²) >= 11 is 0. The van der Waals surface area contributed by atoms with Crippen LogP contribution in [0.1, 0.15) is 44.0 Å². The van der Waals surface area contributed by atoms with E-state index in [0.717, 1.165) is 6.07 Å². The van der Waals surface area contributed by atoms with Gasteiger partial charge in [0.15, 0.2) is 5.65 Å². The summed E-state index contributed by atoms with van der Waals surface area (Å²) in [5.41, 5.74) is -0.663. The zero-order valence-corrected chi connectivity index (χ0v) is 19.4. The van der Waals surface area contributed by atoms with E-state index in [-0.39, 0.29) is 28.6 Å². The minimum atomic E-state index is -4.58. The summed E-state index contributed by atoms with van der Waals surface area (Å²) in [5, 5.41) is 26.4. The van der Waals surface area contributed by atoms with Crippen molar-refractivity contribution in [2.24, 2.45) is 5.92 Å². The van der Waals surface area contributed by atoms with E-state index < -0.39 is 23.1 Å². The van der Waals surface area contributed by atoms with Crippen LogP contribution in [0.4, 0.5) is 13.2 Å². The molecule has 0 saturated carbocycles. The zero-order chi connectivity index (χ0) is 25.0. The van der Waals surface area contributed by atoms with Crippen molar-refractivity contribution >= 4 is 16.9 Å². The van der Waals surface area contributed by atoms with Crippen molar-refractivity contribution in [2.45, 2.75) is 52.4 Å². The van der Waals surface area contributed by atoms with Crippen LogP contribution in [0, 0.1) is 12.8 Å². The molecular formula is C24H27F3N4O3. The van der Waals surface area contributed by atoms with Crippen LogP contribution >= 0.6 is 0 Å². The fraction of sp³-hybridized carbons (Fsp3) is 0.458. The standard InChI is InChI=1S/C24H27F3N4O3/c1-5-30-11-14(9-19(30)33)12-31-21(23(3,4)34)16-6-7-17(28-22(16)29-31)20-13(2)8-15(10-18(20)32)24(25,26)27/h6-8,10,14,32,34H,5,9,11-12H2,1-4H3. The van der Waals surface area contributed by atoms with E-state index in [0.29, 0.717) is 48.8 Å². The third-order valence-electron chi connectivity index (χ3n) is 6.19. The highest BCUT2D eigenvalue weighted by molar-refractivity contribution is 5.83. The number of fused-ring (bicyclic) bond motifs is 1. The van der Waals surface area contributed by atoms with Gasteiger partial charge in [-0.15, -0.1) is 0 Å². The minimum Gasteiger partial charge on any atom is -0.507 e. The smallest absolute Gasteiger partial charge is 0.416 e. The molecule has 3 heterocycles. The van der Waals surface area contributed by atoms with E-state index in [9.17, 15) is 28.2 Å². The Balaban J connectivity index is 1.78. The van der Waals surface area contributed by atoms with Crippen LogP contribution < -0.4 is 0 Å². The van der Waals surface area contributed by atoms with Crippen LogP contribution in [-0.4, -0.2) is 48.9 Å². The van der Waals surface area contributed by atoms with Crippen LogP contribution in [0.25, 0.3) is 22.3 Å². The molecule has 0 aliphatic carbocycles. The number of carbonyl (C=O) groups excluding carboxylic acids is 1. The number of aromatic hydroxyl groups is 1. The molecule has 3 aromatic rings. The largest absolute Gasteiger partial charge is 0.507 e. The molecular weight excluding hydrogens is 449 g/mol. The molecule has 1 saturated heterocycles. The van der Waals surface area contributed by atoms with E-state index >= 15 is 0 Å². The number of phenolic OH excluding ortho intramolecular Hbond substituents is 1. The predicted molar refractivity (Wildman–Crippen MR) is 120 cm³/mol. The summed E-state index contributed by atoms with van der Waals surface area (Å²) in [6.07, 6.45) is -4.18. The number of rotatable bonds is 5. The quantitative estimate of drug-likeness (QED) is 0.575. The number of carbonyl (C=O) groups is 1. The lowest BCUT2D eigenvalue weighted by Crippen LogP contribution is -2.26. The van der Waals surface area contributed by atoms with Crippen molar-refractivity contribution in [1.82, 2.24) is 19.7 Å². The van der Waals surface area contributed by atoms with Gasteiger partial charge in [-0.05, 0) is 57.5 Å². The lowest BCUT2D eigenvalue weighted by molar-refractivity contribution is -0.137. The number of alkyl halides is 3. The number of hydrogen-bond acceptors (Lipinski definition) is 5. The molecule has 4 rings (SSSR count). The molecule has 182 valence electrons. The number of phenols is 1. The summed E-state index contributed by atoms with van der Waals surface area (Å²) in [6.45, 7) is 8.33. The topological polar surface area (TPSA) is 91.5 Å². The number of amides is 1. The molecule has 0 spiro atoms. The molecule has 1 unspecified atom stereocenters. The maximum atomic E-state index is 13.1. The zero-order valence-electron chi connectivity index (χ0n) is 19.4. The lowest BCUT2D eigenvalue weighted by Gasteiger charge is -2.21. The third kappa shape index (κ3) is 4.34. The Kier molecular flexibility index (Phi) is 5.83. The summed E-state index contributed by atoms with van der Waals surface area (Å²) in [7, 11) is 0. The second-order valence-corrected chi connectivity index (χ2v) is 9.34. The number of aliphatic hydroxyl groups is 1. The van der Waals surface area contributed by atoms with E-state index in [1.807, 2.05) is 6.92 Å². The predicted octanol–water partition coefficient (Wildman–Crippen LogP) is 4.23. The normalized spacial score (nSPS) is 17.2. The number of benzene rings is 1. The first kappa shape index (κ1) is 24.0. The number of aryl methyl sites for hydroxylation is 1. The summed E-state index contributed by atoms with van der Waals surface area (Å²) in [4.78, 5) is 18.4. The van der Waals surface area contributed by atoms with Gasteiger partial charge in [-0.1, -0.05) is 0 Å². The first-order chi connectivity index (χ1) is 15.8. The lowest BCUT2D eigenvalue weighted by atomic mass is 9.98. The first-order valence-corrected chi connectivity index (χ1v) is 11.1. The maximum Gasteiger partial charge on any atom is 0.416 e. The van der Waals surface area contributed by atoms with Gasteiger partial charge in [0.1, 0.15) is 11.4 Å². The van der Waals surface area contributed by atoms with Gasteiger partial charge >= 0.3 is 6.18 Å². The molecule has 7 nitrogen and oxygen atoms in total. The number of likely N-dealkylation sites (tertiary alicyclic amines) is 1. The van der Waals surface area contributed by atoms with E-state index in [2.05, 4.69) is 10.1 Å². The van der Waals surface area contributed by atoms with Crippen molar-refractivity contribution in [2.75, 3.05) is 13.1 Å². The molecule has 0 radical (unpaired) electrons. The number of aromatic nitrogens is 3. The third-order valence-corrected chi connectivity index (χ3v) is 6.19. The molecule has 2 N–H and O–H groups in total. The van der Waals surface area contributed by atoms with Gasteiger partial charge in [-0.3, -0.25) is 9.48 Å². The number of nitrogens with zero attached hydrogens (tertiary/aromatic N) is 4. The van der Waals surface area contributed by atoms with Crippen molar-refractivity contribution in [3.05, 3.63) is 41.1 Å². The Morgan fingerprint density at radius 1 is 1.21 bits per heavy atom. The summed E-state index contributed by atoms with van der Waals surface area (Å²) < 4.78 is 41.0. The van der Waals surface area contributed by atoms with Crippen molar-refractivity contribution in [3.8, 4) is 17.0 Å². The van der Waals surface area contributed by atoms with Crippen molar-refractivity contribution < 1.29 is 28.2 Å². The maximum absolute atomic E-state index is 13.1. The second-order valence-electron chi connectivity index (χ2n) is 9.34. The summed E-state index contributed by atoms with van der Waals surface area (Å²) in [6, 6.07) is 4.95. The molecule has 1 fully saturated rings. The van der Waals surface area contributed by atoms with E-state index in [1.165, 1.54) is 6.92 Å². The SMILES string of the molecule is CCN1CC(Cn2nc3nc(-c4c(C)cc(C(F)(F)F)cc4O)ccc3c2C(C)(C)O)CC1=O. The second kappa shape index (κ2) is 8.26. The van der Waals surface area contributed by atoms with Crippen molar-refractivity contribution in [3.63, 3.8) is 0 Å². The minimum absolute atomic E-state index is 0.0311. The Morgan fingerprint density at radius 2 is 1.91 bits per heavy atom. The van der Waals surface area contributed by atoms with E-state index in [1.54, 1.807) is 35.6 Å². The monoisotopic (exact) mass is 476 g/mol. The molecule has 1 aromatic carbocycles. The Morgan fingerprint density at radius 3 is 2.47 bits per heavy atom. The Hall–Kier alpha value is -3.14. The number of halogens is 3. The summed E-state index contributed by atoms with van der Waals surface area (Å²) in [5.74, 6) is -0.406. The molecule has 2 aromatic heterocycles. The Bertz CT molecular complexity index is 1240. The van der Waals surface area contributed by atoms with Gasteiger partial charge in [0.2, 0.25) is 5.91 Å². The molecule has 34 heavy (non-hydrogen) atoms. The van der Waals surface area contributed by atoms with Gasteiger partial charge in [-0.2, -0.15) is 18.3 Å². The van der Waals surface area contributed by atoms with Crippen LogP contribution in [0.3, 0.4) is 0 Å².